The van der Waals surface area contributed by atoms with Crippen LogP contribution in [0.15, 0.2) is 0 Å². The number of carbonyl (C=O) groups is 2. The number of thioether (sulfide) groups is 1. The van der Waals surface area contributed by atoms with Gasteiger partial charge in [-0.1, -0.05) is 6.92 Å². The van der Waals surface area contributed by atoms with E-state index in [4.69, 9.17) is 14.6 Å². The zero-order chi connectivity index (χ0) is 25.1. The van der Waals surface area contributed by atoms with E-state index in [1.54, 1.807) is 13.8 Å². The lowest BCUT2D eigenvalue weighted by molar-refractivity contribution is -0.199. The lowest BCUT2D eigenvalue weighted by Gasteiger charge is -2.56. The predicted octanol–water partition coefficient (Wildman–Crippen LogP) is 3.32. The molecule has 0 saturated heterocycles. The Kier molecular flexibility index (Phi) is 9.02. The van der Waals surface area contributed by atoms with E-state index in [0.717, 1.165) is 19.3 Å². The zero-order valence-corrected chi connectivity index (χ0v) is 22.1. The molecule has 196 valence electrons. The lowest BCUT2D eigenvalue weighted by Crippen LogP contribution is -2.54. The van der Waals surface area contributed by atoms with Crippen LogP contribution < -0.4 is 0 Å². The fraction of sp³-hybridized carbons (Fsp3) is 0.923. The first kappa shape index (κ1) is 27.8. The fourth-order valence-electron chi connectivity index (χ4n) is 6.67. The van der Waals surface area contributed by atoms with E-state index in [2.05, 4.69) is 0 Å². The molecule has 0 amide bonds. The predicted molar refractivity (Wildman–Crippen MR) is 131 cm³/mol. The first-order valence-corrected chi connectivity index (χ1v) is 14.0. The molecule has 4 bridgehead atoms. The molecule has 7 nitrogen and oxygen atoms in total. The highest BCUT2D eigenvalue weighted by Gasteiger charge is 2.55. The summed E-state index contributed by atoms with van der Waals surface area (Å²) in [5.41, 5.74) is -2.01. The van der Waals surface area contributed by atoms with Gasteiger partial charge in [0.15, 0.2) is 0 Å². The maximum Gasteiger partial charge on any atom is 0.312 e. The Morgan fingerprint density at radius 1 is 0.971 bits per heavy atom. The van der Waals surface area contributed by atoms with Crippen LogP contribution in [0.4, 0.5) is 0 Å². The van der Waals surface area contributed by atoms with Crippen molar-refractivity contribution < 1.29 is 34.4 Å². The van der Waals surface area contributed by atoms with Crippen LogP contribution in [0, 0.1) is 28.6 Å². The molecule has 4 aliphatic carbocycles. The quantitative estimate of drug-likeness (QED) is 0.330. The molecule has 0 radical (unpaired) electrons. The molecule has 3 unspecified atom stereocenters. The molecule has 0 aromatic carbocycles. The Morgan fingerprint density at radius 3 is 2.00 bits per heavy atom. The summed E-state index contributed by atoms with van der Waals surface area (Å²) in [4.78, 5) is 26.3. The first-order valence-electron chi connectivity index (χ1n) is 12.9. The molecule has 0 spiro atoms. The smallest absolute Gasteiger partial charge is 0.312 e. The van der Waals surface area contributed by atoms with E-state index >= 15 is 0 Å². The van der Waals surface area contributed by atoms with E-state index in [-0.39, 0.29) is 30.5 Å². The Labute approximate surface area is 208 Å². The van der Waals surface area contributed by atoms with Crippen molar-refractivity contribution in [2.24, 2.45) is 28.6 Å². The molecular weight excluding hydrogens is 456 g/mol. The van der Waals surface area contributed by atoms with Crippen LogP contribution >= 0.6 is 11.8 Å². The van der Waals surface area contributed by atoms with Gasteiger partial charge in [0.05, 0.1) is 29.6 Å². The van der Waals surface area contributed by atoms with Crippen molar-refractivity contribution in [1.82, 2.24) is 0 Å². The van der Waals surface area contributed by atoms with E-state index in [1.807, 2.05) is 13.8 Å². The highest BCUT2D eigenvalue weighted by atomic mass is 32.2. The van der Waals surface area contributed by atoms with Gasteiger partial charge < -0.3 is 24.8 Å². The maximum absolute atomic E-state index is 13.5. The molecule has 0 aliphatic heterocycles. The zero-order valence-electron chi connectivity index (χ0n) is 21.3. The third-order valence-electron chi connectivity index (χ3n) is 8.19. The van der Waals surface area contributed by atoms with Gasteiger partial charge in [-0.3, -0.25) is 9.59 Å². The first-order chi connectivity index (χ1) is 15.9. The third kappa shape index (κ3) is 6.68. The summed E-state index contributed by atoms with van der Waals surface area (Å²) in [6.45, 7) is 6.94. The van der Waals surface area contributed by atoms with Crippen LogP contribution in [-0.2, 0) is 19.1 Å². The molecule has 3 N–H and O–H groups in total. The Hall–Kier alpha value is -0.830. The second-order valence-electron chi connectivity index (χ2n) is 12.1. The van der Waals surface area contributed by atoms with Crippen molar-refractivity contribution in [3.63, 3.8) is 0 Å². The molecule has 0 aromatic rings. The summed E-state index contributed by atoms with van der Waals surface area (Å²) in [5.74, 6) is 2.01. The van der Waals surface area contributed by atoms with Gasteiger partial charge in [0.1, 0.15) is 12.2 Å². The molecule has 4 fully saturated rings. The summed E-state index contributed by atoms with van der Waals surface area (Å²) in [7, 11) is 0. The molecule has 3 atom stereocenters. The molecule has 4 rings (SSSR count). The maximum atomic E-state index is 13.5. The van der Waals surface area contributed by atoms with Gasteiger partial charge >= 0.3 is 11.9 Å². The number of carbonyl (C=O) groups excluding carboxylic acids is 2. The molecule has 0 heterocycles. The molecule has 4 aliphatic rings. The number of aliphatic hydroxyl groups excluding tert-OH is 3. The molecule has 34 heavy (non-hydrogen) atoms. The van der Waals surface area contributed by atoms with Gasteiger partial charge in [-0.25, -0.2) is 0 Å². The standard InChI is InChI=1S/C26H44O7S/c1-5-25(4,23(31)33-26-9-17-6-18(10-26)8-19(7-17)11-26)16-24(2,3)22(30)32-13-21(29)15-34-14-20(28)12-27/h17-21,27-29H,5-16H2,1-4H3. The number of rotatable bonds is 13. The Balaban J connectivity index is 1.52. The van der Waals surface area contributed by atoms with Gasteiger partial charge in [0.25, 0.3) is 0 Å². The van der Waals surface area contributed by atoms with Crippen LogP contribution in [0.5, 0.6) is 0 Å². The Bertz CT molecular complexity index is 689. The summed E-state index contributed by atoms with van der Waals surface area (Å²) in [6, 6.07) is 0. The number of esters is 2. The lowest BCUT2D eigenvalue weighted by atomic mass is 9.54. The Morgan fingerprint density at radius 2 is 1.50 bits per heavy atom. The second-order valence-corrected chi connectivity index (χ2v) is 13.2. The normalized spacial score (nSPS) is 31.6. The third-order valence-corrected chi connectivity index (χ3v) is 9.43. The van der Waals surface area contributed by atoms with E-state index in [9.17, 15) is 19.8 Å². The minimum atomic E-state index is -0.912. The van der Waals surface area contributed by atoms with Crippen molar-refractivity contribution in [3.05, 3.63) is 0 Å². The highest BCUT2D eigenvalue weighted by molar-refractivity contribution is 7.99. The summed E-state index contributed by atoms with van der Waals surface area (Å²) in [6.07, 6.45) is 6.00. The van der Waals surface area contributed by atoms with Gasteiger partial charge in [0.2, 0.25) is 0 Å². The van der Waals surface area contributed by atoms with E-state index in [0.29, 0.717) is 36.3 Å². The highest BCUT2D eigenvalue weighted by Crippen LogP contribution is 2.57. The van der Waals surface area contributed by atoms with Crippen molar-refractivity contribution in [2.45, 2.75) is 96.9 Å². The second kappa shape index (κ2) is 11.1. The van der Waals surface area contributed by atoms with Gasteiger partial charge in [0, 0.05) is 11.5 Å². The van der Waals surface area contributed by atoms with Crippen LogP contribution in [0.2, 0.25) is 0 Å². The van der Waals surface area contributed by atoms with Crippen molar-refractivity contribution in [1.29, 1.82) is 0 Å². The summed E-state index contributed by atoms with van der Waals surface area (Å²) < 4.78 is 11.7. The number of ether oxygens (including phenoxy) is 2. The SMILES string of the molecule is CCC(C)(CC(C)(C)C(=O)OCC(O)CSCC(O)CO)C(=O)OC12CC3CC(CC(C3)C1)C2. The number of aliphatic hydroxyl groups is 3. The minimum Gasteiger partial charge on any atom is -0.462 e. The topological polar surface area (TPSA) is 113 Å². The minimum absolute atomic E-state index is 0.148. The number of hydrogen-bond acceptors (Lipinski definition) is 8. The van der Waals surface area contributed by atoms with Crippen LogP contribution in [0.1, 0.15) is 79.1 Å². The van der Waals surface area contributed by atoms with Crippen molar-refractivity contribution in [3.8, 4) is 0 Å². The summed E-state index contributed by atoms with van der Waals surface area (Å²) >= 11 is 1.28. The molecular formula is C26H44O7S. The van der Waals surface area contributed by atoms with Gasteiger partial charge in [-0.15, -0.1) is 0 Å². The molecule has 4 saturated carbocycles. The van der Waals surface area contributed by atoms with Gasteiger partial charge in [-0.05, 0) is 89.9 Å². The van der Waals surface area contributed by atoms with Crippen molar-refractivity contribution in [2.75, 3.05) is 24.7 Å². The fourth-order valence-corrected chi connectivity index (χ4v) is 7.56. The van der Waals surface area contributed by atoms with Gasteiger partial charge in [-0.2, -0.15) is 11.8 Å². The number of hydrogen-bond donors (Lipinski definition) is 3. The molecule has 0 aromatic heterocycles. The summed E-state index contributed by atoms with van der Waals surface area (Å²) in [5, 5.41) is 28.3. The largest absolute Gasteiger partial charge is 0.462 e. The average molecular weight is 501 g/mol. The van der Waals surface area contributed by atoms with E-state index < -0.39 is 29.0 Å². The monoisotopic (exact) mass is 500 g/mol. The van der Waals surface area contributed by atoms with E-state index in [1.165, 1.54) is 31.0 Å². The van der Waals surface area contributed by atoms with Crippen molar-refractivity contribution >= 4 is 23.7 Å². The van der Waals surface area contributed by atoms with Crippen LogP contribution in [0.25, 0.3) is 0 Å². The van der Waals surface area contributed by atoms with Crippen LogP contribution in [0.3, 0.4) is 0 Å². The van der Waals surface area contributed by atoms with Crippen LogP contribution in [-0.4, -0.2) is 69.8 Å². The molecule has 8 heteroatoms. The average Bonchev–Trinajstić information content (AvgIpc) is 2.75.